The molecule has 0 aromatic heterocycles. The molecular weight excluding hydrogens is 580 g/mol. The minimum absolute atomic E-state index is 0.0836. The van der Waals surface area contributed by atoms with Crippen molar-refractivity contribution in [1.82, 2.24) is 13.9 Å². The van der Waals surface area contributed by atoms with Crippen molar-refractivity contribution in [3.05, 3.63) is 95.1 Å². The molecule has 11 heteroatoms. The second kappa shape index (κ2) is 13.5. The van der Waals surface area contributed by atoms with Gasteiger partial charge >= 0.3 is 5.97 Å². The zero-order valence-corrected chi connectivity index (χ0v) is 25.6. The Balaban J connectivity index is 1.21. The number of carbonyl (C=O) groups excluding carboxylic acids is 1. The SMILES string of the molecule is CC(C)C(NS(=O)(=O)N1CCN(c2ccc(C#Cc3ccc4c(c3)C(=O)N(Cc3ccccc3)CCO4)cc2)CC1)C(=O)O. The van der Waals surface area contributed by atoms with Gasteiger partial charge in [0.1, 0.15) is 18.4 Å². The molecule has 2 aliphatic heterocycles. The van der Waals surface area contributed by atoms with Crippen LogP contribution in [0.15, 0.2) is 72.8 Å². The molecule has 1 saturated heterocycles. The molecule has 2 N–H and O–H groups in total. The summed E-state index contributed by atoms with van der Waals surface area (Å²) in [7, 11) is -3.92. The van der Waals surface area contributed by atoms with Gasteiger partial charge in [-0.2, -0.15) is 17.4 Å². The van der Waals surface area contributed by atoms with Crippen LogP contribution in [0.2, 0.25) is 0 Å². The minimum Gasteiger partial charge on any atom is -0.491 e. The van der Waals surface area contributed by atoms with Gasteiger partial charge in [-0.25, -0.2) is 0 Å². The number of ether oxygens (including phenoxy) is 1. The number of fused-ring (bicyclic) bond motifs is 1. The number of piperazine rings is 1. The highest BCUT2D eigenvalue weighted by molar-refractivity contribution is 7.87. The molecule has 2 heterocycles. The number of hydrogen-bond acceptors (Lipinski definition) is 6. The lowest BCUT2D eigenvalue weighted by Crippen LogP contribution is -2.55. The van der Waals surface area contributed by atoms with Crippen LogP contribution in [-0.4, -0.2) is 80.0 Å². The van der Waals surface area contributed by atoms with Crippen molar-refractivity contribution >= 4 is 27.8 Å². The summed E-state index contributed by atoms with van der Waals surface area (Å²) in [5.74, 6) is 5.22. The maximum Gasteiger partial charge on any atom is 0.322 e. The third-order valence-electron chi connectivity index (χ3n) is 7.70. The molecule has 0 aliphatic carbocycles. The molecule has 5 rings (SSSR count). The van der Waals surface area contributed by atoms with E-state index in [2.05, 4.69) is 21.5 Å². The summed E-state index contributed by atoms with van der Waals surface area (Å²) in [4.78, 5) is 28.7. The zero-order chi connectivity index (χ0) is 31.3. The molecule has 2 aliphatic rings. The Morgan fingerprint density at radius 2 is 1.59 bits per heavy atom. The Kier molecular flexibility index (Phi) is 9.54. The molecule has 0 radical (unpaired) electrons. The third kappa shape index (κ3) is 7.39. The highest BCUT2D eigenvalue weighted by Crippen LogP contribution is 2.25. The molecular formula is C33H36N4O6S. The van der Waals surface area contributed by atoms with E-state index in [-0.39, 0.29) is 24.9 Å². The van der Waals surface area contributed by atoms with Crippen molar-refractivity contribution in [2.75, 3.05) is 44.2 Å². The lowest BCUT2D eigenvalue weighted by atomic mass is 10.1. The van der Waals surface area contributed by atoms with E-state index in [1.165, 1.54) is 4.31 Å². The molecule has 1 fully saturated rings. The van der Waals surface area contributed by atoms with E-state index < -0.39 is 22.2 Å². The largest absolute Gasteiger partial charge is 0.491 e. The van der Waals surface area contributed by atoms with Gasteiger partial charge in [-0.15, -0.1) is 0 Å². The van der Waals surface area contributed by atoms with E-state index in [9.17, 15) is 23.1 Å². The maximum absolute atomic E-state index is 13.4. The fraction of sp³-hybridized carbons (Fsp3) is 0.333. The van der Waals surface area contributed by atoms with Crippen LogP contribution in [-0.2, 0) is 21.5 Å². The molecule has 1 atom stereocenters. The van der Waals surface area contributed by atoms with Gasteiger partial charge in [-0.05, 0) is 53.9 Å². The van der Waals surface area contributed by atoms with Crippen LogP contribution in [0, 0.1) is 17.8 Å². The Bertz CT molecular complexity index is 1660. The fourth-order valence-corrected chi connectivity index (χ4v) is 6.67. The van der Waals surface area contributed by atoms with E-state index in [0.717, 1.165) is 16.8 Å². The van der Waals surface area contributed by atoms with Gasteiger partial charge in [0, 0.05) is 49.5 Å². The number of carbonyl (C=O) groups is 2. The van der Waals surface area contributed by atoms with Crippen molar-refractivity contribution in [2.24, 2.45) is 5.92 Å². The van der Waals surface area contributed by atoms with Crippen LogP contribution in [0.25, 0.3) is 0 Å². The predicted octanol–water partition coefficient (Wildman–Crippen LogP) is 3.19. The number of benzene rings is 3. The van der Waals surface area contributed by atoms with Crippen molar-refractivity contribution in [1.29, 1.82) is 0 Å². The summed E-state index contributed by atoms with van der Waals surface area (Å²) in [6, 6.07) is 21.8. The van der Waals surface area contributed by atoms with E-state index in [4.69, 9.17) is 4.74 Å². The standard InChI is InChI=1S/C33H36N4O6S/c1-24(2)31(33(39)40)34-44(41,42)37-18-16-35(17-19-37)28-13-10-25(11-14-28)8-9-26-12-15-30-29(22-26)32(38)36(20-21-43-30)23-27-6-4-3-5-7-27/h3-7,10-15,22,24,31,34H,16-21,23H2,1-2H3,(H,39,40). The van der Waals surface area contributed by atoms with Crippen LogP contribution in [0.4, 0.5) is 5.69 Å². The first-order valence-corrected chi connectivity index (χ1v) is 16.0. The second-order valence-electron chi connectivity index (χ2n) is 11.1. The van der Waals surface area contributed by atoms with Crippen LogP contribution in [0.3, 0.4) is 0 Å². The Labute approximate surface area is 258 Å². The van der Waals surface area contributed by atoms with E-state index in [1.54, 1.807) is 30.9 Å². The highest BCUT2D eigenvalue weighted by Gasteiger charge is 2.33. The summed E-state index contributed by atoms with van der Waals surface area (Å²) < 4.78 is 35.0. The number of amides is 1. The van der Waals surface area contributed by atoms with E-state index in [1.807, 2.05) is 60.7 Å². The molecule has 3 aromatic rings. The number of anilines is 1. The second-order valence-corrected chi connectivity index (χ2v) is 12.8. The number of hydrogen-bond donors (Lipinski definition) is 2. The van der Waals surface area contributed by atoms with Gasteiger partial charge in [-0.1, -0.05) is 56.0 Å². The molecule has 1 amide bonds. The predicted molar refractivity (Wildman–Crippen MR) is 168 cm³/mol. The van der Waals surface area contributed by atoms with Gasteiger partial charge < -0.3 is 19.6 Å². The molecule has 3 aromatic carbocycles. The number of nitrogens with one attached hydrogen (secondary N) is 1. The molecule has 44 heavy (non-hydrogen) atoms. The monoisotopic (exact) mass is 616 g/mol. The highest BCUT2D eigenvalue weighted by atomic mass is 32.2. The maximum atomic E-state index is 13.4. The number of rotatable bonds is 8. The lowest BCUT2D eigenvalue weighted by molar-refractivity contribution is -0.140. The molecule has 0 saturated carbocycles. The van der Waals surface area contributed by atoms with Crippen molar-refractivity contribution in [2.45, 2.75) is 26.4 Å². The summed E-state index contributed by atoms with van der Waals surface area (Å²) in [5, 5.41) is 9.36. The summed E-state index contributed by atoms with van der Waals surface area (Å²) in [6.07, 6.45) is 0. The molecule has 230 valence electrons. The van der Waals surface area contributed by atoms with Crippen molar-refractivity contribution in [3.8, 4) is 17.6 Å². The molecule has 0 spiro atoms. The van der Waals surface area contributed by atoms with E-state index in [0.29, 0.717) is 49.7 Å². The number of aliphatic carboxylic acids is 1. The normalized spacial score (nSPS) is 16.4. The van der Waals surface area contributed by atoms with Gasteiger partial charge in [0.2, 0.25) is 0 Å². The van der Waals surface area contributed by atoms with Gasteiger partial charge in [-0.3, -0.25) is 9.59 Å². The quantitative estimate of drug-likeness (QED) is 0.373. The van der Waals surface area contributed by atoms with Gasteiger partial charge in [0.25, 0.3) is 16.1 Å². The zero-order valence-electron chi connectivity index (χ0n) is 24.8. The van der Waals surface area contributed by atoms with Crippen molar-refractivity contribution < 1.29 is 27.9 Å². The number of nitrogens with zero attached hydrogens (tertiary/aromatic N) is 3. The fourth-order valence-electron chi connectivity index (χ4n) is 5.19. The number of carboxylic acid groups (broad SMARTS) is 1. The molecule has 10 nitrogen and oxygen atoms in total. The number of carboxylic acids is 1. The van der Waals surface area contributed by atoms with Crippen molar-refractivity contribution in [3.63, 3.8) is 0 Å². The average molecular weight is 617 g/mol. The summed E-state index contributed by atoms with van der Waals surface area (Å²) in [5.41, 5.74) is 4.01. The van der Waals surface area contributed by atoms with Gasteiger partial charge in [0.05, 0.1) is 12.1 Å². The molecule has 1 unspecified atom stereocenters. The Morgan fingerprint density at radius 1 is 0.932 bits per heavy atom. The third-order valence-corrected chi connectivity index (χ3v) is 9.30. The Morgan fingerprint density at radius 3 is 2.25 bits per heavy atom. The summed E-state index contributed by atoms with van der Waals surface area (Å²) >= 11 is 0. The Hall–Kier alpha value is -4.37. The minimum atomic E-state index is -3.92. The summed E-state index contributed by atoms with van der Waals surface area (Å²) in [6.45, 7) is 6.19. The van der Waals surface area contributed by atoms with Crippen LogP contribution >= 0.6 is 0 Å². The smallest absolute Gasteiger partial charge is 0.322 e. The van der Waals surface area contributed by atoms with Crippen LogP contribution < -0.4 is 14.4 Å². The van der Waals surface area contributed by atoms with Crippen LogP contribution in [0.1, 0.15) is 40.9 Å². The first kappa shape index (κ1) is 31.1. The average Bonchev–Trinajstić information content (AvgIpc) is 3.17. The lowest BCUT2D eigenvalue weighted by Gasteiger charge is -2.36. The van der Waals surface area contributed by atoms with Gasteiger partial charge in [0.15, 0.2) is 0 Å². The van der Waals surface area contributed by atoms with Crippen LogP contribution in [0.5, 0.6) is 5.75 Å². The first-order chi connectivity index (χ1) is 21.1. The first-order valence-electron chi connectivity index (χ1n) is 14.6. The van der Waals surface area contributed by atoms with E-state index >= 15 is 0 Å². The topological polar surface area (TPSA) is 119 Å². The molecule has 0 bridgehead atoms.